The lowest BCUT2D eigenvalue weighted by atomic mass is 10.1. The highest BCUT2D eigenvalue weighted by molar-refractivity contribution is 7.84. The second-order valence-electron chi connectivity index (χ2n) is 8.21. The van der Waals surface area contributed by atoms with Gasteiger partial charge in [0, 0.05) is 25.2 Å². The van der Waals surface area contributed by atoms with E-state index in [4.69, 9.17) is 5.41 Å². The van der Waals surface area contributed by atoms with Crippen LogP contribution in [0.25, 0.3) is 0 Å². The topological polar surface area (TPSA) is 126 Å². The maximum absolute atomic E-state index is 12.4. The van der Waals surface area contributed by atoms with Gasteiger partial charge in [0.15, 0.2) is 12.4 Å². The Kier molecular flexibility index (Phi) is 11.2. The SMILES string of the molecule is C=C=N.O=S(=O)(F)N1C[C@@H]1Cc1ccccc1.[CH2-][n+]1ccn(S(=O)(=O)F)c1C.c1ccc(C[C@H]2[CH+]N2)cc1. The summed E-state index contributed by atoms with van der Waals surface area (Å²) in [6, 6.07) is 20.4. The molecule has 0 aliphatic carbocycles. The number of rotatable bonds is 6. The molecule has 5 rings (SSSR count). The predicted octanol–water partition coefficient (Wildman–Crippen LogP) is 2.70. The van der Waals surface area contributed by atoms with E-state index in [1.54, 1.807) is 5.87 Å². The van der Waals surface area contributed by atoms with Crippen molar-refractivity contribution in [3.05, 3.63) is 110 Å². The minimum absolute atomic E-state index is 0.188. The van der Waals surface area contributed by atoms with Crippen molar-refractivity contribution in [3.8, 4) is 0 Å². The van der Waals surface area contributed by atoms with Crippen LogP contribution in [0.15, 0.2) is 79.6 Å². The molecule has 204 valence electrons. The lowest BCUT2D eigenvalue weighted by Crippen LogP contribution is -2.28. The summed E-state index contributed by atoms with van der Waals surface area (Å²) in [6.45, 7) is 6.77. The first-order valence-corrected chi connectivity index (χ1v) is 14.0. The Morgan fingerprint density at radius 2 is 1.53 bits per heavy atom. The fraction of sp³-hybridized carbons (Fsp3) is 0.240. The third-order valence-corrected chi connectivity index (χ3v) is 7.17. The average molecular weight is 567 g/mol. The van der Waals surface area contributed by atoms with Gasteiger partial charge in [-0.05, 0) is 44.0 Å². The first-order chi connectivity index (χ1) is 17.9. The molecule has 2 aromatic carbocycles. The van der Waals surface area contributed by atoms with Gasteiger partial charge in [-0.15, -0.1) is 5.32 Å². The Morgan fingerprint density at radius 1 is 1.05 bits per heavy atom. The molecule has 38 heavy (non-hydrogen) atoms. The van der Waals surface area contributed by atoms with E-state index in [0.29, 0.717) is 23.0 Å². The fourth-order valence-electron chi connectivity index (χ4n) is 3.25. The van der Waals surface area contributed by atoms with Crippen LogP contribution >= 0.6 is 0 Å². The zero-order valence-electron chi connectivity index (χ0n) is 20.7. The van der Waals surface area contributed by atoms with Gasteiger partial charge in [0.25, 0.3) is 0 Å². The van der Waals surface area contributed by atoms with Gasteiger partial charge >= 0.3 is 20.8 Å². The number of hydrogen-bond donors (Lipinski definition) is 2. The highest BCUT2D eigenvalue weighted by Crippen LogP contribution is 2.26. The molecule has 2 aliphatic heterocycles. The number of imidazole rings is 1. The van der Waals surface area contributed by atoms with E-state index in [1.807, 2.05) is 36.4 Å². The van der Waals surface area contributed by atoms with Crippen LogP contribution in [0.3, 0.4) is 0 Å². The Bertz CT molecular complexity index is 1410. The lowest BCUT2D eigenvalue weighted by Gasteiger charge is -1.98. The van der Waals surface area contributed by atoms with Gasteiger partial charge < -0.3 is 4.57 Å². The van der Waals surface area contributed by atoms with Gasteiger partial charge in [0.1, 0.15) is 0 Å². The minimum atomic E-state index is -4.66. The molecule has 1 aromatic heterocycles. The van der Waals surface area contributed by atoms with E-state index in [-0.39, 0.29) is 11.9 Å². The third-order valence-electron chi connectivity index (χ3n) is 5.31. The van der Waals surface area contributed by atoms with Crippen LogP contribution in [-0.2, 0) is 33.7 Å². The number of aromatic nitrogens is 2. The predicted molar refractivity (Wildman–Crippen MR) is 141 cm³/mol. The Labute approximate surface area is 223 Å². The van der Waals surface area contributed by atoms with Crippen molar-refractivity contribution in [3.63, 3.8) is 0 Å². The van der Waals surface area contributed by atoms with Crippen molar-refractivity contribution in [2.45, 2.75) is 31.8 Å². The number of nitrogens with zero attached hydrogens (tertiary/aromatic N) is 3. The maximum Gasteiger partial charge on any atom is 0.469 e. The first-order valence-electron chi connectivity index (χ1n) is 11.3. The normalized spacial score (nSPS) is 19.0. The highest BCUT2D eigenvalue weighted by atomic mass is 32.3. The molecule has 2 N–H and O–H groups in total. The number of hydrogen-bond acceptors (Lipinski definition) is 6. The zero-order valence-corrected chi connectivity index (χ0v) is 22.4. The maximum atomic E-state index is 12.4. The Morgan fingerprint density at radius 3 is 1.84 bits per heavy atom. The van der Waals surface area contributed by atoms with Gasteiger partial charge in [-0.1, -0.05) is 68.4 Å². The monoisotopic (exact) mass is 566 g/mol. The molecule has 2 saturated heterocycles. The molecule has 0 radical (unpaired) electrons. The van der Waals surface area contributed by atoms with Crippen LogP contribution < -0.4 is 9.88 Å². The summed E-state index contributed by atoms with van der Waals surface area (Å²) in [5, 5.41) is 9.01. The molecule has 13 heteroatoms. The lowest BCUT2D eigenvalue weighted by molar-refractivity contribution is -0.618. The Balaban J connectivity index is 0.000000193. The quantitative estimate of drug-likeness (QED) is 0.156. The van der Waals surface area contributed by atoms with Crippen molar-refractivity contribution in [2.24, 2.45) is 0 Å². The highest BCUT2D eigenvalue weighted by Gasteiger charge is 2.43. The first kappa shape index (κ1) is 30.7. The van der Waals surface area contributed by atoms with Crippen molar-refractivity contribution in [1.29, 1.82) is 5.41 Å². The number of halogens is 2. The molecule has 3 aromatic rings. The van der Waals surface area contributed by atoms with Crippen LogP contribution in [-0.4, -0.2) is 49.6 Å². The van der Waals surface area contributed by atoms with Crippen LogP contribution in [0.4, 0.5) is 7.77 Å². The molecule has 2 aliphatic rings. The molecule has 9 nitrogen and oxygen atoms in total. The summed E-state index contributed by atoms with van der Waals surface area (Å²) < 4.78 is 68.9. The van der Waals surface area contributed by atoms with Crippen molar-refractivity contribution >= 4 is 26.7 Å². The number of nitrogens with one attached hydrogen (secondary N) is 2. The van der Waals surface area contributed by atoms with Gasteiger partial charge in [-0.3, -0.25) is 5.41 Å². The zero-order chi connectivity index (χ0) is 28.3. The third kappa shape index (κ3) is 10.9. The molecule has 0 bridgehead atoms. The summed E-state index contributed by atoms with van der Waals surface area (Å²) in [5.74, 6) is 1.97. The van der Waals surface area contributed by atoms with Crippen molar-refractivity contribution < 1.29 is 29.2 Å². The van der Waals surface area contributed by atoms with E-state index in [0.717, 1.165) is 22.5 Å². The summed E-state index contributed by atoms with van der Waals surface area (Å²) in [6.07, 6.45) is 4.18. The number of benzene rings is 2. The van der Waals surface area contributed by atoms with Gasteiger partial charge in [0.2, 0.25) is 6.04 Å². The van der Waals surface area contributed by atoms with Gasteiger partial charge in [-0.2, -0.15) is 25.1 Å². The molecule has 2 fully saturated rings. The molecule has 3 atom stereocenters. The van der Waals surface area contributed by atoms with Crippen LogP contribution in [0.1, 0.15) is 17.0 Å². The molecule has 0 amide bonds. The van der Waals surface area contributed by atoms with Crippen LogP contribution in [0.5, 0.6) is 0 Å². The van der Waals surface area contributed by atoms with Crippen LogP contribution in [0, 0.1) is 25.9 Å². The van der Waals surface area contributed by atoms with E-state index in [9.17, 15) is 24.6 Å². The Hall–Kier alpha value is -3.48. The van der Waals surface area contributed by atoms with E-state index < -0.39 is 20.8 Å². The van der Waals surface area contributed by atoms with Crippen molar-refractivity contribution in [2.75, 3.05) is 6.54 Å². The smallest absolute Gasteiger partial charge is 0.371 e. The summed E-state index contributed by atoms with van der Waals surface area (Å²) in [4.78, 5) is 0. The summed E-state index contributed by atoms with van der Waals surface area (Å²) >= 11 is 0. The van der Waals surface area contributed by atoms with Crippen LogP contribution in [0.2, 0.25) is 0 Å². The largest absolute Gasteiger partial charge is 0.469 e. The van der Waals surface area contributed by atoms with E-state index >= 15 is 0 Å². The molecule has 0 saturated carbocycles. The molecule has 3 heterocycles. The van der Waals surface area contributed by atoms with Gasteiger partial charge in [0.05, 0.1) is 6.20 Å². The minimum Gasteiger partial charge on any atom is -0.371 e. The molecular weight excluding hydrogens is 536 g/mol. The van der Waals surface area contributed by atoms with E-state index in [1.165, 1.54) is 23.3 Å². The molecule has 0 spiro atoms. The average Bonchev–Trinajstić information content (AvgIpc) is 3.77. The second-order valence-corrected chi connectivity index (χ2v) is 10.7. The van der Waals surface area contributed by atoms with Crippen molar-refractivity contribution in [1.82, 2.24) is 13.6 Å². The second kappa shape index (κ2) is 13.9. The standard InChI is InChI=1S/C9H10FNO2S.C9H10N.C5H7FN2O2S.C2H3N/c10-14(12,13)11-7-9(11)6-8-4-2-1-3-5-8;1-2-4-8(5-3-1)6-9-7-10-9;1-5-7(2)3-4-8(5)11(6,9)10;1-2-3/h1-5,9H,6-7H2;1-5,7,9-10H,6H2;3-4H,2H2,1H3;3H,1H2/q;+1;;/t9-,11?;9-;;/m00../s1. The summed E-state index contributed by atoms with van der Waals surface area (Å²) in [5.41, 5.74) is 2.44. The van der Waals surface area contributed by atoms with Gasteiger partial charge in [-0.25, -0.2) is 0 Å². The van der Waals surface area contributed by atoms with E-state index in [2.05, 4.69) is 49.8 Å². The molecule has 1 unspecified atom stereocenters. The summed E-state index contributed by atoms with van der Waals surface area (Å²) in [7, 11) is -5.70. The molecular formula is C25H30F2N5O4S2+. The fourth-order valence-corrected chi connectivity index (χ4v) is 4.65.